The first-order valence-electron chi connectivity index (χ1n) is 11.1. The van der Waals surface area contributed by atoms with Crippen molar-refractivity contribution < 1.29 is 24.9 Å². The van der Waals surface area contributed by atoms with Crippen molar-refractivity contribution in [2.45, 2.75) is 32.1 Å². The van der Waals surface area contributed by atoms with Gasteiger partial charge < -0.3 is 26.4 Å². The van der Waals surface area contributed by atoms with E-state index in [1.54, 1.807) is 24.3 Å². The molecule has 8 heteroatoms. The second-order valence-corrected chi connectivity index (χ2v) is 7.73. The molecule has 0 fully saturated rings. The van der Waals surface area contributed by atoms with Crippen LogP contribution < -0.4 is 11.1 Å². The van der Waals surface area contributed by atoms with Crippen molar-refractivity contribution in [1.29, 1.82) is 0 Å². The molecule has 2 aromatic rings. The zero-order valence-corrected chi connectivity index (χ0v) is 18.7. The fourth-order valence-electron chi connectivity index (χ4n) is 3.18. The minimum Gasteiger partial charge on any atom is -0.508 e. The highest BCUT2D eigenvalue weighted by molar-refractivity contribution is 6.02. The molecule has 0 saturated heterocycles. The Balaban J connectivity index is 1.98. The van der Waals surface area contributed by atoms with E-state index >= 15 is 0 Å². The van der Waals surface area contributed by atoms with E-state index in [1.165, 1.54) is 35.2 Å². The number of nitrogens with two attached hydrogens (primary N) is 1. The van der Waals surface area contributed by atoms with Crippen LogP contribution in [0, 0.1) is 0 Å². The Labute approximate surface area is 194 Å². The highest BCUT2D eigenvalue weighted by Crippen LogP contribution is 2.25. The first kappa shape index (κ1) is 25.9. The summed E-state index contributed by atoms with van der Waals surface area (Å²) >= 11 is 0. The Hall–Kier alpha value is -3.36. The maximum atomic E-state index is 12.9. The summed E-state index contributed by atoms with van der Waals surface area (Å²) < 4.78 is 0. The molecule has 6 N–H and O–H groups in total. The van der Waals surface area contributed by atoms with Crippen LogP contribution in [-0.4, -0.2) is 58.2 Å². The number of hydrogen-bond acceptors (Lipinski definition) is 7. The van der Waals surface area contributed by atoms with Gasteiger partial charge in [0.15, 0.2) is 11.5 Å². The SMILES string of the molecule is NCCCNCCCCN(C(=O)/C=C/c1ccc(O)cc1)C(=O)CCc1ccc(O)c(O)c1. The number of nitrogens with one attached hydrogen (secondary N) is 1. The quantitative estimate of drug-likeness (QED) is 0.178. The first-order valence-corrected chi connectivity index (χ1v) is 11.1. The molecule has 0 aliphatic rings. The van der Waals surface area contributed by atoms with Crippen molar-refractivity contribution in [3.63, 3.8) is 0 Å². The Morgan fingerprint density at radius 1 is 0.939 bits per heavy atom. The van der Waals surface area contributed by atoms with Gasteiger partial charge in [-0.15, -0.1) is 0 Å². The number of aryl methyl sites for hydroxylation is 1. The number of carbonyl (C=O) groups is 2. The van der Waals surface area contributed by atoms with Crippen LogP contribution in [0.15, 0.2) is 48.5 Å². The monoisotopic (exact) mass is 455 g/mol. The number of phenolic OH excluding ortho intramolecular Hbond substituents is 3. The third-order valence-electron chi connectivity index (χ3n) is 5.09. The number of rotatable bonds is 13. The highest BCUT2D eigenvalue weighted by atomic mass is 16.3. The summed E-state index contributed by atoms with van der Waals surface area (Å²) in [6.45, 7) is 2.56. The minimum atomic E-state index is -0.405. The second kappa shape index (κ2) is 13.9. The van der Waals surface area contributed by atoms with Crippen LogP contribution in [-0.2, 0) is 16.0 Å². The topological polar surface area (TPSA) is 136 Å². The zero-order chi connectivity index (χ0) is 24.1. The Morgan fingerprint density at radius 2 is 1.67 bits per heavy atom. The van der Waals surface area contributed by atoms with E-state index in [2.05, 4.69) is 5.32 Å². The van der Waals surface area contributed by atoms with E-state index in [-0.39, 0.29) is 29.6 Å². The number of imide groups is 1. The molecular formula is C25H33N3O5. The molecule has 0 aliphatic heterocycles. The number of benzene rings is 2. The lowest BCUT2D eigenvalue weighted by atomic mass is 10.1. The van der Waals surface area contributed by atoms with Crippen LogP contribution in [0.2, 0.25) is 0 Å². The molecule has 0 radical (unpaired) electrons. The molecule has 2 rings (SSSR count). The number of nitrogens with zero attached hydrogens (tertiary/aromatic N) is 1. The first-order chi connectivity index (χ1) is 15.9. The minimum absolute atomic E-state index is 0.0950. The molecule has 0 heterocycles. The predicted octanol–water partition coefficient (Wildman–Crippen LogP) is 2.52. The fourth-order valence-corrected chi connectivity index (χ4v) is 3.18. The average molecular weight is 456 g/mol. The third kappa shape index (κ3) is 9.34. The van der Waals surface area contributed by atoms with Gasteiger partial charge in [-0.3, -0.25) is 14.5 Å². The normalized spacial score (nSPS) is 11.1. The van der Waals surface area contributed by atoms with Gasteiger partial charge in [-0.25, -0.2) is 0 Å². The lowest BCUT2D eigenvalue weighted by Gasteiger charge is -2.20. The summed E-state index contributed by atoms with van der Waals surface area (Å²) in [5.74, 6) is -1.04. The van der Waals surface area contributed by atoms with Gasteiger partial charge in [0, 0.05) is 19.0 Å². The average Bonchev–Trinajstić information content (AvgIpc) is 2.81. The summed E-state index contributed by atoms with van der Waals surface area (Å²) in [5, 5.41) is 31.7. The maximum absolute atomic E-state index is 12.9. The van der Waals surface area contributed by atoms with Gasteiger partial charge in [0.1, 0.15) is 5.75 Å². The Bertz CT molecular complexity index is 928. The van der Waals surface area contributed by atoms with Crippen molar-refractivity contribution >= 4 is 17.9 Å². The molecule has 0 aromatic heterocycles. The van der Waals surface area contributed by atoms with Gasteiger partial charge in [0.2, 0.25) is 5.91 Å². The van der Waals surface area contributed by atoms with Gasteiger partial charge in [-0.05, 0) is 86.8 Å². The van der Waals surface area contributed by atoms with Crippen molar-refractivity contribution in [2.75, 3.05) is 26.2 Å². The molecule has 0 spiro atoms. The van der Waals surface area contributed by atoms with Crippen molar-refractivity contribution in [3.05, 3.63) is 59.7 Å². The molecule has 0 aliphatic carbocycles. The molecule has 0 unspecified atom stereocenters. The fraction of sp³-hybridized carbons (Fsp3) is 0.360. The third-order valence-corrected chi connectivity index (χ3v) is 5.09. The van der Waals surface area contributed by atoms with Gasteiger partial charge in [-0.2, -0.15) is 0 Å². The molecule has 2 aromatic carbocycles. The number of phenols is 3. The van der Waals surface area contributed by atoms with Gasteiger partial charge in [0.05, 0.1) is 0 Å². The number of unbranched alkanes of at least 4 members (excludes halogenated alkanes) is 1. The molecule has 0 atom stereocenters. The molecule has 8 nitrogen and oxygen atoms in total. The lowest BCUT2D eigenvalue weighted by Crippen LogP contribution is -2.37. The van der Waals surface area contributed by atoms with Crippen LogP contribution in [0.4, 0.5) is 0 Å². The van der Waals surface area contributed by atoms with Crippen LogP contribution in [0.1, 0.15) is 36.8 Å². The Morgan fingerprint density at radius 3 is 2.36 bits per heavy atom. The molecule has 2 amide bonds. The number of carbonyl (C=O) groups excluding carboxylic acids is 2. The van der Waals surface area contributed by atoms with Gasteiger partial charge in [0.25, 0.3) is 5.91 Å². The van der Waals surface area contributed by atoms with E-state index in [1.807, 2.05) is 0 Å². The Kier molecular flexibility index (Phi) is 10.9. The number of aromatic hydroxyl groups is 3. The lowest BCUT2D eigenvalue weighted by molar-refractivity contribution is -0.142. The summed E-state index contributed by atoms with van der Waals surface area (Å²) in [6, 6.07) is 10.8. The zero-order valence-electron chi connectivity index (χ0n) is 18.7. The molecule has 178 valence electrons. The highest BCUT2D eigenvalue weighted by Gasteiger charge is 2.19. The van der Waals surface area contributed by atoms with Crippen molar-refractivity contribution in [2.24, 2.45) is 5.73 Å². The van der Waals surface area contributed by atoms with Crippen molar-refractivity contribution in [1.82, 2.24) is 10.2 Å². The smallest absolute Gasteiger partial charge is 0.253 e. The number of amides is 2. The van der Waals surface area contributed by atoms with Crippen LogP contribution in [0.25, 0.3) is 6.08 Å². The summed E-state index contributed by atoms with van der Waals surface area (Å²) in [6.07, 6.45) is 5.77. The standard InChI is InChI=1S/C25H33N3O5/c26-14-3-16-27-15-1-2-17-28(24(32)12-7-19-4-9-21(29)10-5-19)25(33)13-8-20-6-11-22(30)23(31)18-20/h4-7,9-12,18,27,29-31H,1-3,8,13-17,26H2/b12-7+. The van der Waals surface area contributed by atoms with E-state index < -0.39 is 5.91 Å². The van der Waals surface area contributed by atoms with Crippen molar-refractivity contribution in [3.8, 4) is 17.2 Å². The largest absolute Gasteiger partial charge is 0.508 e. The van der Waals surface area contributed by atoms with Gasteiger partial charge in [-0.1, -0.05) is 18.2 Å². The molecular weight excluding hydrogens is 422 g/mol. The number of hydrogen-bond donors (Lipinski definition) is 5. The molecule has 0 bridgehead atoms. The van der Waals surface area contributed by atoms with Gasteiger partial charge >= 0.3 is 0 Å². The summed E-state index contributed by atoms with van der Waals surface area (Å²) in [5.41, 5.74) is 6.90. The predicted molar refractivity (Wildman–Crippen MR) is 128 cm³/mol. The van der Waals surface area contributed by atoms with E-state index in [4.69, 9.17) is 5.73 Å². The van der Waals surface area contributed by atoms with Crippen LogP contribution in [0.5, 0.6) is 17.2 Å². The van der Waals surface area contributed by atoms with Crippen LogP contribution >= 0.6 is 0 Å². The molecule has 0 saturated carbocycles. The molecule has 33 heavy (non-hydrogen) atoms. The van der Waals surface area contributed by atoms with E-state index in [0.29, 0.717) is 31.5 Å². The van der Waals surface area contributed by atoms with Crippen LogP contribution in [0.3, 0.4) is 0 Å². The maximum Gasteiger partial charge on any atom is 0.253 e. The van der Waals surface area contributed by atoms with E-state index in [9.17, 15) is 24.9 Å². The van der Waals surface area contributed by atoms with E-state index in [0.717, 1.165) is 31.5 Å². The second-order valence-electron chi connectivity index (χ2n) is 7.73. The summed E-state index contributed by atoms with van der Waals surface area (Å²) in [7, 11) is 0. The summed E-state index contributed by atoms with van der Waals surface area (Å²) in [4.78, 5) is 26.9.